The van der Waals surface area contributed by atoms with E-state index in [4.69, 9.17) is 42.4 Å². The third kappa shape index (κ3) is 7.12. The number of rotatable bonds is 11. The quantitative estimate of drug-likeness (QED) is 0.167. The fourth-order valence-corrected chi connectivity index (χ4v) is 8.31. The number of methoxy groups -OCH3 is 2. The maximum absolute atomic E-state index is 11.4. The fraction of sp³-hybridized carbons (Fsp3) is 0.410. The van der Waals surface area contributed by atoms with Crippen molar-refractivity contribution in [3.63, 3.8) is 0 Å². The number of hydrogen-bond donors (Lipinski definition) is 2. The van der Waals surface area contributed by atoms with Gasteiger partial charge in [-0.15, -0.1) is 0 Å². The van der Waals surface area contributed by atoms with Gasteiger partial charge >= 0.3 is 5.97 Å². The van der Waals surface area contributed by atoms with E-state index in [2.05, 4.69) is 33.8 Å². The number of aromatic nitrogens is 2. The number of carbonyl (C=O) groups is 1. The molecular formula is C39H42Cl2N4O6. The van der Waals surface area contributed by atoms with Crippen molar-refractivity contribution >= 4 is 29.2 Å². The monoisotopic (exact) mass is 732 g/mol. The predicted molar refractivity (Wildman–Crippen MR) is 196 cm³/mol. The zero-order valence-corrected chi connectivity index (χ0v) is 30.7. The number of fused-ring (bicyclic) bond motifs is 1. The molecule has 2 aromatic carbocycles. The molecule has 0 radical (unpaired) electrons. The van der Waals surface area contributed by atoms with Crippen molar-refractivity contribution in [1.29, 1.82) is 0 Å². The minimum absolute atomic E-state index is 0.270. The molecule has 0 saturated carbocycles. The van der Waals surface area contributed by atoms with Gasteiger partial charge in [-0.1, -0.05) is 59.6 Å². The van der Waals surface area contributed by atoms with Gasteiger partial charge in [0.05, 0.1) is 36.5 Å². The zero-order chi connectivity index (χ0) is 36.0. The third-order valence-corrected chi connectivity index (χ3v) is 10.9. The SMILES string of the molecule is COc1nc(O[C@H]2CCc3c(-c4cccc(-c5cc(C)c(CN6CC(C)(O)C6)c(OC)n5)c4Cl)cccc32)c(Cl)cc1CN1CC[C@@H](C(=O)O)C1. The largest absolute Gasteiger partial charge is 0.481 e. The molecule has 7 rings (SSSR count). The summed E-state index contributed by atoms with van der Waals surface area (Å²) in [7, 11) is 3.19. The molecule has 2 aliphatic heterocycles. The van der Waals surface area contributed by atoms with Gasteiger partial charge in [0.25, 0.3) is 0 Å². The molecule has 12 heteroatoms. The molecule has 1 aliphatic carbocycles. The van der Waals surface area contributed by atoms with E-state index >= 15 is 0 Å². The molecule has 4 aromatic rings. The number of aliphatic hydroxyl groups is 1. The van der Waals surface area contributed by atoms with E-state index in [9.17, 15) is 15.0 Å². The van der Waals surface area contributed by atoms with Gasteiger partial charge < -0.3 is 24.4 Å². The number of ether oxygens (including phenoxy) is 3. The van der Waals surface area contributed by atoms with Crippen LogP contribution < -0.4 is 14.2 Å². The van der Waals surface area contributed by atoms with E-state index < -0.39 is 11.6 Å². The number of halogens is 2. The summed E-state index contributed by atoms with van der Waals surface area (Å²) in [6.45, 7) is 7.42. The lowest BCUT2D eigenvalue weighted by Gasteiger charge is -2.44. The van der Waals surface area contributed by atoms with Gasteiger partial charge in [-0.25, -0.2) is 4.98 Å². The molecule has 0 spiro atoms. The number of aryl methyl sites for hydroxylation is 1. The van der Waals surface area contributed by atoms with Crippen LogP contribution in [0, 0.1) is 12.8 Å². The standard InChI is InChI=1S/C39H42Cl2N4O6/c1-22-15-32(42-36(50-4)30(22)19-45-20-39(2,48)21-45)29-10-6-9-28(34(29)41)25-7-5-8-27-26(25)11-12-33(27)51-37-31(40)16-24(35(43-37)49-3)18-44-14-13-23(17-44)38(46)47/h5-10,15-16,23,33,48H,11-14,17-21H2,1-4H3,(H,46,47)/t23-,33+/m1/s1. The molecule has 2 saturated heterocycles. The zero-order valence-electron chi connectivity index (χ0n) is 29.2. The molecule has 3 aliphatic rings. The summed E-state index contributed by atoms with van der Waals surface area (Å²) in [5.41, 5.74) is 7.87. The first-order valence-electron chi connectivity index (χ1n) is 17.2. The lowest BCUT2D eigenvalue weighted by Crippen LogP contribution is -2.59. The third-order valence-electron chi connectivity index (χ3n) is 10.2. The summed E-state index contributed by atoms with van der Waals surface area (Å²) in [6.07, 6.45) is 1.87. The number of hydrogen-bond acceptors (Lipinski definition) is 9. The highest BCUT2D eigenvalue weighted by molar-refractivity contribution is 6.36. The van der Waals surface area contributed by atoms with E-state index in [1.807, 2.05) is 37.3 Å². The summed E-state index contributed by atoms with van der Waals surface area (Å²) >= 11 is 14.0. The number of pyridine rings is 2. The van der Waals surface area contributed by atoms with Gasteiger partial charge in [0.1, 0.15) is 11.1 Å². The highest BCUT2D eigenvalue weighted by atomic mass is 35.5. The molecule has 2 aromatic heterocycles. The first-order chi connectivity index (χ1) is 24.4. The van der Waals surface area contributed by atoms with Crippen LogP contribution in [-0.2, 0) is 24.3 Å². The number of carboxylic acid groups (broad SMARTS) is 1. The van der Waals surface area contributed by atoms with Crippen LogP contribution in [0.2, 0.25) is 10.0 Å². The van der Waals surface area contributed by atoms with Crippen molar-refractivity contribution in [2.24, 2.45) is 5.92 Å². The smallest absolute Gasteiger partial charge is 0.307 e. The van der Waals surface area contributed by atoms with Gasteiger partial charge in [-0.2, -0.15) is 4.98 Å². The van der Waals surface area contributed by atoms with Crippen LogP contribution in [0.15, 0.2) is 48.5 Å². The van der Waals surface area contributed by atoms with Crippen molar-refractivity contribution in [2.45, 2.75) is 57.9 Å². The van der Waals surface area contributed by atoms with E-state index in [-0.39, 0.29) is 12.0 Å². The van der Waals surface area contributed by atoms with E-state index in [0.29, 0.717) is 73.4 Å². The molecule has 2 atom stereocenters. The Kier molecular flexibility index (Phi) is 9.90. The van der Waals surface area contributed by atoms with Crippen molar-refractivity contribution in [2.75, 3.05) is 40.4 Å². The molecular weight excluding hydrogens is 691 g/mol. The Morgan fingerprint density at radius 1 is 0.941 bits per heavy atom. The summed E-state index contributed by atoms with van der Waals surface area (Å²) < 4.78 is 17.9. The number of aliphatic carboxylic acids is 1. The molecule has 0 bridgehead atoms. The highest BCUT2D eigenvalue weighted by Crippen LogP contribution is 2.45. The topological polar surface area (TPSA) is 117 Å². The summed E-state index contributed by atoms with van der Waals surface area (Å²) in [5, 5.41) is 20.6. The van der Waals surface area contributed by atoms with Gasteiger partial charge in [0.15, 0.2) is 0 Å². The molecule has 2 fully saturated rings. The van der Waals surface area contributed by atoms with Crippen LogP contribution in [0.5, 0.6) is 17.6 Å². The molecule has 268 valence electrons. The maximum Gasteiger partial charge on any atom is 0.307 e. The molecule has 2 N–H and O–H groups in total. The van der Waals surface area contributed by atoms with E-state index in [1.165, 1.54) is 0 Å². The summed E-state index contributed by atoms with van der Waals surface area (Å²) in [4.78, 5) is 25.2. The van der Waals surface area contributed by atoms with Crippen LogP contribution in [0.25, 0.3) is 22.4 Å². The molecule has 51 heavy (non-hydrogen) atoms. The van der Waals surface area contributed by atoms with E-state index in [0.717, 1.165) is 63.0 Å². The summed E-state index contributed by atoms with van der Waals surface area (Å²) in [5.74, 6) is 0.115. The minimum Gasteiger partial charge on any atom is -0.481 e. The van der Waals surface area contributed by atoms with Crippen molar-refractivity contribution in [3.05, 3.63) is 86.4 Å². The Morgan fingerprint density at radius 3 is 2.37 bits per heavy atom. The lowest BCUT2D eigenvalue weighted by molar-refractivity contribution is -0.141. The van der Waals surface area contributed by atoms with Gasteiger partial charge in [0.2, 0.25) is 17.6 Å². The Bertz CT molecular complexity index is 1980. The van der Waals surface area contributed by atoms with Crippen LogP contribution in [0.3, 0.4) is 0 Å². The first kappa shape index (κ1) is 35.5. The first-order valence-corrected chi connectivity index (χ1v) is 18.0. The van der Waals surface area contributed by atoms with Gasteiger partial charge in [-0.3, -0.25) is 14.6 Å². The molecule has 4 heterocycles. The fourth-order valence-electron chi connectivity index (χ4n) is 7.77. The lowest BCUT2D eigenvalue weighted by atomic mass is 9.94. The van der Waals surface area contributed by atoms with E-state index in [1.54, 1.807) is 20.3 Å². The number of carboxylic acids is 1. The Hall–Kier alpha value is -3.93. The maximum atomic E-state index is 11.4. The Balaban J connectivity index is 1.13. The predicted octanol–water partition coefficient (Wildman–Crippen LogP) is 6.98. The van der Waals surface area contributed by atoms with Crippen LogP contribution in [0.1, 0.15) is 53.7 Å². The number of β-amino-alcohol motifs (C(OH)–C–C–N with tert-alkyl or cyclic N) is 1. The normalized spacial score (nSPS) is 19.8. The minimum atomic E-state index is -0.771. The number of nitrogens with zero attached hydrogens (tertiary/aromatic N) is 4. The second-order valence-corrected chi connectivity index (χ2v) is 14.9. The molecule has 0 unspecified atom stereocenters. The number of benzene rings is 2. The van der Waals surface area contributed by atoms with Crippen molar-refractivity contribution < 1.29 is 29.2 Å². The van der Waals surface area contributed by atoms with Crippen LogP contribution >= 0.6 is 23.2 Å². The summed E-state index contributed by atoms with van der Waals surface area (Å²) in [6, 6.07) is 16.1. The second kappa shape index (κ2) is 14.2. The van der Waals surface area contributed by atoms with Gasteiger partial charge in [-0.05, 0) is 74.0 Å². The van der Waals surface area contributed by atoms with Crippen LogP contribution in [0.4, 0.5) is 0 Å². The van der Waals surface area contributed by atoms with Crippen molar-refractivity contribution in [3.8, 4) is 40.0 Å². The second-order valence-electron chi connectivity index (χ2n) is 14.1. The molecule has 0 amide bonds. The Labute approximate surface area is 307 Å². The van der Waals surface area contributed by atoms with Gasteiger partial charge in [0, 0.05) is 55.0 Å². The molecule has 10 nitrogen and oxygen atoms in total. The Morgan fingerprint density at radius 2 is 1.67 bits per heavy atom. The number of likely N-dealkylation sites (tertiary alicyclic amines) is 2. The average Bonchev–Trinajstić information content (AvgIpc) is 3.73. The highest BCUT2D eigenvalue weighted by Gasteiger charge is 2.37. The van der Waals surface area contributed by atoms with Crippen molar-refractivity contribution in [1.82, 2.24) is 19.8 Å². The average molecular weight is 734 g/mol. The van der Waals surface area contributed by atoms with Crippen LogP contribution in [-0.4, -0.2) is 81.9 Å².